The lowest BCUT2D eigenvalue weighted by Gasteiger charge is -2.57. The lowest BCUT2D eigenvalue weighted by Crippen LogP contribution is -2.49. The van der Waals surface area contributed by atoms with Crippen molar-refractivity contribution < 1.29 is 14.1 Å². The van der Waals surface area contributed by atoms with E-state index in [0.29, 0.717) is 23.4 Å². The highest BCUT2D eigenvalue weighted by molar-refractivity contribution is 7.91. The Morgan fingerprint density at radius 2 is 1.78 bits per heavy atom. The van der Waals surface area contributed by atoms with E-state index in [1.165, 1.54) is 36.8 Å². The van der Waals surface area contributed by atoms with Crippen LogP contribution in [0.1, 0.15) is 65.2 Å². The van der Waals surface area contributed by atoms with Crippen LogP contribution >= 0.6 is 0 Å². The first-order valence-corrected chi connectivity index (χ1v) is 13.6. The summed E-state index contributed by atoms with van der Waals surface area (Å²) in [6.45, 7) is 4.90. The van der Waals surface area contributed by atoms with E-state index in [9.17, 15) is 9.35 Å². The summed E-state index contributed by atoms with van der Waals surface area (Å²) in [6.07, 6.45) is 10.7. The van der Waals surface area contributed by atoms with Crippen LogP contribution in [0, 0.1) is 28.6 Å². The molecule has 0 N–H and O–H groups in total. The van der Waals surface area contributed by atoms with Gasteiger partial charge in [0.1, 0.15) is 5.76 Å². The largest absolute Gasteiger partial charge is 0.611 e. The summed E-state index contributed by atoms with van der Waals surface area (Å²) < 4.78 is 19.0. The molecule has 32 heavy (non-hydrogen) atoms. The smallest absolute Gasteiger partial charge is 0.167 e. The molecule has 0 aliphatic heterocycles. The van der Waals surface area contributed by atoms with Crippen molar-refractivity contribution in [3.63, 3.8) is 0 Å². The van der Waals surface area contributed by atoms with Gasteiger partial charge in [0.2, 0.25) is 0 Å². The Morgan fingerprint density at radius 1 is 1.03 bits per heavy atom. The van der Waals surface area contributed by atoms with Gasteiger partial charge < -0.3 is 9.29 Å². The average Bonchev–Trinajstić information content (AvgIpc) is 3.15. The average molecular weight is 453 g/mol. The second-order valence-corrected chi connectivity index (χ2v) is 12.3. The third kappa shape index (κ3) is 3.49. The van der Waals surface area contributed by atoms with Crippen LogP contribution < -0.4 is 0 Å². The fourth-order valence-electron chi connectivity index (χ4n) is 7.87. The summed E-state index contributed by atoms with van der Waals surface area (Å²) in [7, 11) is 1.75. The maximum Gasteiger partial charge on any atom is 0.167 e. The van der Waals surface area contributed by atoms with Crippen LogP contribution in [0.2, 0.25) is 0 Å². The van der Waals surface area contributed by atoms with Crippen molar-refractivity contribution in [3.8, 4) is 0 Å². The Bertz CT molecular complexity index is 951. The standard InChI is InChI=1S/C28H36O3S/c1-27-15-13-20(29)17-19(27)9-10-22-23-11-12-25(28(23,2)16-14-24(22)27)26(31-3)18-32(30)21-7-5-4-6-8-21/h4-8,17,22-24H,9-16,18H2,1-3H3/b26-25-/t22-,23-,24-,27-,28-,32?/m0/s1. The molecule has 5 rings (SSSR count). The zero-order chi connectivity index (χ0) is 22.5. The van der Waals surface area contributed by atoms with Crippen LogP contribution in [0.3, 0.4) is 0 Å². The van der Waals surface area contributed by atoms with Crippen LogP contribution in [0.4, 0.5) is 0 Å². The van der Waals surface area contributed by atoms with E-state index in [-0.39, 0.29) is 10.8 Å². The van der Waals surface area contributed by atoms with E-state index in [1.54, 1.807) is 7.11 Å². The van der Waals surface area contributed by atoms with Crippen LogP contribution in [-0.4, -0.2) is 23.2 Å². The highest BCUT2D eigenvalue weighted by Crippen LogP contribution is 2.66. The number of fused-ring (bicyclic) bond motifs is 5. The maximum atomic E-state index is 13.1. The van der Waals surface area contributed by atoms with Crippen molar-refractivity contribution in [3.05, 3.63) is 53.3 Å². The van der Waals surface area contributed by atoms with Gasteiger partial charge in [0.05, 0.1) is 7.11 Å². The van der Waals surface area contributed by atoms with Gasteiger partial charge >= 0.3 is 0 Å². The number of benzene rings is 1. The number of ether oxygens (including phenoxy) is 1. The number of methoxy groups -OCH3 is 1. The van der Waals surface area contributed by atoms with Gasteiger partial charge in [-0.3, -0.25) is 4.79 Å². The first-order valence-electron chi connectivity index (χ1n) is 12.3. The number of ketones is 1. The van der Waals surface area contributed by atoms with Gasteiger partial charge in [-0.15, -0.1) is 0 Å². The number of hydrogen-bond donors (Lipinski definition) is 0. The molecule has 172 valence electrons. The predicted octanol–water partition coefficient (Wildman–Crippen LogP) is 6.23. The van der Waals surface area contributed by atoms with Gasteiger partial charge in [0.25, 0.3) is 0 Å². The van der Waals surface area contributed by atoms with Crippen molar-refractivity contribution in [1.82, 2.24) is 0 Å². The molecule has 0 amide bonds. The summed E-state index contributed by atoms with van der Waals surface area (Å²) in [5, 5.41) is 0. The molecule has 1 aromatic rings. The number of carbonyl (C=O) groups is 1. The SMILES string of the molecule is CO/C(C[S+]([O-])c1ccccc1)=C1/CC[C@H]2[C@@H]3CCC4=CC(=O)CC[C@]4(C)[C@H]3CC[C@]12C. The Balaban J connectivity index is 1.42. The number of hydrogen-bond acceptors (Lipinski definition) is 3. The van der Waals surface area contributed by atoms with Crippen LogP contribution in [-0.2, 0) is 20.7 Å². The Morgan fingerprint density at radius 3 is 2.53 bits per heavy atom. The topological polar surface area (TPSA) is 49.4 Å². The van der Waals surface area contributed by atoms with Gasteiger partial charge in [-0.05, 0) is 108 Å². The summed E-state index contributed by atoms with van der Waals surface area (Å²) in [5.74, 6) is 3.85. The molecule has 1 unspecified atom stereocenters. The molecule has 4 aliphatic rings. The highest BCUT2D eigenvalue weighted by atomic mass is 32.2. The molecule has 3 saturated carbocycles. The Kier molecular flexibility index (Phi) is 5.82. The fourth-order valence-corrected chi connectivity index (χ4v) is 9.03. The summed E-state index contributed by atoms with van der Waals surface area (Å²) in [5.41, 5.74) is 3.22. The number of rotatable bonds is 4. The van der Waals surface area contributed by atoms with Crippen LogP contribution in [0.25, 0.3) is 0 Å². The monoisotopic (exact) mass is 452 g/mol. The number of carbonyl (C=O) groups excluding carboxylic acids is 1. The molecular formula is C28H36O3S. The molecule has 4 heteroatoms. The first-order chi connectivity index (χ1) is 15.4. The van der Waals surface area contributed by atoms with Crippen molar-refractivity contribution in [2.45, 2.75) is 70.1 Å². The molecule has 1 aromatic carbocycles. The van der Waals surface area contributed by atoms with Gasteiger partial charge in [-0.25, -0.2) is 0 Å². The molecule has 0 heterocycles. The summed E-state index contributed by atoms with van der Waals surface area (Å²) in [6, 6.07) is 9.76. The van der Waals surface area contributed by atoms with Crippen LogP contribution in [0.5, 0.6) is 0 Å². The minimum absolute atomic E-state index is 0.148. The van der Waals surface area contributed by atoms with E-state index < -0.39 is 11.2 Å². The zero-order valence-corrected chi connectivity index (χ0v) is 20.5. The fraction of sp³-hybridized carbons (Fsp3) is 0.607. The predicted molar refractivity (Wildman–Crippen MR) is 128 cm³/mol. The second kappa shape index (κ2) is 8.36. The molecule has 6 atom stereocenters. The lowest BCUT2D eigenvalue weighted by atomic mass is 9.47. The van der Waals surface area contributed by atoms with Crippen molar-refractivity contribution >= 4 is 17.0 Å². The first kappa shape index (κ1) is 22.3. The Labute approximate surface area is 195 Å². The van der Waals surface area contributed by atoms with E-state index >= 15 is 0 Å². The third-order valence-corrected chi connectivity index (χ3v) is 10.9. The molecule has 3 fully saturated rings. The minimum Gasteiger partial charge on any atom is -0.611 e. The van der Waals surface area contributed by atoms with E-state index in [0.717, 1.165) is 42.3 Å². The number of allylic oxidation sites excluding steroid dienone is 2. The lowest BCUT2D eigenvalue weighted by molar-refractivity contribution is -0.117. The normalized spacial score (nSPS) is 38.8. The minimum atomic E-state index is -1.09. The molecule has 0 bridgehead atoms. The van der Waals surface area contributed by atoms with E-state index in [4.69, 9.17) is 4.74 Å². The second-order valence-electron chi connectivity index (χ2n) is 10.9. The van der Waals surface area contributed by atoms with Gasteiger partial charge in [0.15, 0.2) is 16.4 Å². The molecule has 0 spiro atoms. The van der Waals surface area contributed by atoms with Gasteiger partial charge in [-0.2, -0.15) is 0 Å². The summed E-state index contributed by atoms with van der Waals surface area (Å²) in [4.78, 5) is 12.9. The molecule has 0 aromatic heterocycles. The molecule has 0 radical (unpaired) electrons. The highest BCUT2D eigenvalue weighted by Gasteiger charge is 2.58. The Hall–Kier alpha value is -1.52. The molecular weight excluding hydrogens is 416 g/mol. The van der Waals surface area contributed by atoms with Crippen LogP contribution in [0.15, 0.2) is 58.2 Å². The van der Waals surface area contributed by atoms with Crippen molar-refractivity contribution in [2.24, 2.45) is 28.6 Å². The quantitative estimate of drug-likeness (QED) is 0.402. The molecule has 3 nitrogen and oxygen atoms in total. The van der Waals surface area contributed by atoms with Crippen molar-refractivity contribution in [1.29, 1.82) is 0 Å². The van der Waals surface area contributed by atoms with Crippen molar-refractivity contribution in [2.75, 3.05) is 12.9 Å². The maximum absolute atomic E-state index is 13.1. The van der Waals surface area contributed by atoms with Gasteiger partial charge in [0, 0.05) is 6.42 Å². The van der Waals surface area contributed by atoms with Gasteiger partial charge in [-0.1, -0.05) is 37.6 Å². The summed E-state index contributed by atoms with van der Waals surface area (Å²) >= 11 is -1.09. The zero-order valence-electron chi connectivity index (χ0n) is 19.7. The van der Waals surface area contributed by atoms with E-state index in [1.807, 2.05) is 36.4 Å². The third-order valence-electron chi connectivity index (χ3n) is 9.60. The molecule has 4 aliphatic carbocycles. The van der Waals surface area contributed by atoms with E-state index in [2.05, 4.69) is 13.8 Å². The molecule has 0 saturated heterocycles.